The number of hydrogen-bond donors (Lipinski definition) is 0. The number of morpholine rings is 1. The lowest BCUT2D eigenvalue weighted by Gasteiger charge is -2.33. The van der Waals surface area contributed by atoms with Crippen molar-refractivity contribution in [1.29, 1.82) is 0 Å². The monoisotopic (exact) mass is 299 g/mol. The molecule has 1 aliphatic heterocycles. The lowest BCUT2D eigenvalue weighted by Crippen LogP contribution is -2.51. The molecule has 0 amide bonds. The van der Waals surface area contributed by atoms with Gasteiger partial charge in [0.25, 0.3) is 0 Å². The fraction of sp³-hybridized carbons (Fsp3) is 0.500. The van der Waals surface area contributed by atoms with Crippen LogP contribution in [-0.4, -0.2) is 56.9 Å². The van der Waals surface area contributed by atoms with Crippen molar-refractivity contribution < 1.29 is 19.0 Å². The molecule has 0 radical (unpaired) electrons. The zero-order valence-corrected chi connectivity index (χ0v) is 12.1. The van der Waals surface area contributed by atoms with Gasteiger partial charge in [-0.15, -0.1) is 0 Å². The molecular formula is C14H18ClNO4. The Morgan fingerprint density at radius 3 is 3.05 bits per heavy atom. The van der Waals surface area contributed by atoms with Gasteiger partial charge in [-0.2, -0.15) is 0 Å². The van der Waals surface area contributed by atoms with E-state index in [9.17, 15) is 4.79 Å². The Morgan fingerprint density at radius 1 is 1.50 bits per heavy atom. The quantitative estimate of drug-likeness (QED) is 0.773. The van der Waals surface area contributed by atoms with Crippen molar-refractivity contribution in [3.05, 3.63) is 29.3 Å². The van der Waals surface area contributed by atoms with E-state index in [4.69, 9.17) is 25.8 Å². The first kappa shape index (κ1) is 15.1. The molecule has 0 spiro atoms. The van der Waals surface area contributed by atoms with Crippen molar-refractivity contribution in [2.45, 2.75) is 6.04 Å². The molecule has 0 saturated carbocycles. The van der Waals surface area contributed by atoms with Crippen LogP contribution >= 0.6 is 11.6 Å². The highest BCUT2D eigenvalue weighted by Gasteiger charge is 2.29. The van der Waals surface area contributed by atoms with Gasteiger partial charge >= 0.3 is 5.97 Å². The molecule has 1 aliphatic rings. The molecular weight excluding hydrogens is 282 g/mol. The van der Waals surface area contributed by atoms with E-state index in [1.165, 1.54) is 7.11 Å². The number of hydrogen-bond acceptors (Lipinski definition) is 5. The van der Waals surface area contributed by atoms with Crippen LogP contribution in [0.2, 0.25) is 5.02 Å². The maximum absolute atomic E-state index is 11.7. The summed E-state index contributed by atoms with van der Waals surface area (Å²) in [5.41, 5.74) is 0. The predicted molar refractivity (Wildman–Crippen MR) is 75.1 cm³/mol. The molecule has 1 unspecified atom stereocenters. The summed E-state index contributed by atoms with van der Waals surface area (Å²) in [4.78, 5) is 13.7. The van der Waals surface area contributed by atoms with E-state index >= 15 is 0 Å². The average molecular weight is 300 g/mol. The molecule has 1 saturated heterocycles. The summed E-state index contributed by atoms with van der Waals surface area (Å²) in [5, 5.41) is 0.582. The van der Waals surface area contributed by atoms with Crippen LogP contribution in [0.5, 0.6) is 5.75 Å². The van der Waals surface area contributed by atoms with Crippen LogP contribution in [0, 0.1) is 0 Å². The highest BCUT2D eigenvalue weighted by Crippen LogP contribution is 2.23. The van der Waals surface area contributed by atoms with Gasteiger partial charge in [-0.25, -0.2) is 0 Å². The Kier molecular flexibility index (Phi) is 5.64. The number of nitrogens with zero attached hydrogens (tertiary/aromatic N) is 1. The number of halogens is 1. The van der Waals surface area contributed by atoms with Crippen molar-refractivity contribution in [3.63, 3.8) is 0 Å². The molecule has 2 rings (SSSR count). The zero-order valence-electron chi connectivity index (χ0n) is 11.4. The Balaban J connectivity index is 1.85. The summed E-state index contributed by atoms with van der Waals surface area (Å²) in [6.07, 6.45) is 0. The van der Waals surface area contributed by atoms with Gasteiger partial charge in [-0.3, -0.25) is 9.69 Å². The first-order valence-electron chi connectivity index (χ1n) is 6.49. The van der Waals surface area contributed by atoms with Crippen LogP contribution in [0.1, 0.15) is 0 Å². The van der Waals surface area contributed by atoms with E-state index < -0.39 is 0 Å². The molecule has 0 bridgehead atoms. The zero-order chi connectivity index (χ0) is 14.4. The number of esters is 1. The van der Waals surface area contributed by atoms with E-state index in [0.29, 0.717) is 43.7 Å². The third kappa shape index (κ3) is 3.85. The summed E-state index contributed by atoms with van der Waals surface area (Å²) < 4.78 is 15.7. The van der Waals surface area contributed by atoms with Gasteiger partial charge in [0, 0.05) is 13.1 Å². The lowest BCUT2D eigenvalue weighted by molar-refractivity contribution is -0.153. The number of ether oxygens (including phenoxy) is 3. The van der Waals surface area contributed by atoms with Crippen molar-refractivity contribution >= 4 is 17.6 Å². The van der Waals surface area contributed by atoms with Gasteiger partial charge in [0.1, 0.15) is 18.4 Å². The van der Waals surface area contributed by atoms with Crippen LogP contribution in [-0.2, 0) is 14.3 Å². The minimum absolute atomic E-state index is 0.276. The summed E-state index contributed by atoms with van der Waals surface area (Å²) in [5.74, 6) is 0.375. The second-order valence-corrected chi connectivity index (χ2v) is 4.84. The summed E-state index contributed by atoms with van der Waals surface area (Å²) >= 11 is 6.01. The minimum Gasteiger partial charge on any atom is -0.491 e. The Morgan fingerprint density at radius 2 is 2.30 bits per heavy atom. The van der Waals surface area contributed by atoms with Crippen LogP contribution in [0.3, 0.4) is 0 Å². The van der Waals surface area contributed by atoms with Crippen molar-refractivity contribution in [2.24, 2.45) is 0 Å². The Labute approximate surface area is 123 Å². The average Bonchev–Trinajstić information content (AvgIpc) is 2.49. The second-order valence-electron chi connectivity index (χ2n) is 4.43. The fourth-order valence-corrected chi connectivity index (χ4v) is 2.28. The molecule has 0 aliphatic carbocycles. The summed E-state index contributed by atoms with van der Waals surface area (Å²) in [6.45, 7) is 2.73. The number of methoxy groups -OCH3 is 1. The number of rotatable bonds is 5. The molecule has 1 aromatic carbocycles. The predicted octanol–water partition coefficient (Wildman–Crippen LogP) is 1.59. The number of para-hydroxylation sites is 1. The van der Waals surface area contributed by atoms with Crippen molar-refractivity contribution in [2.75, 3.05) is 40.0 Å². The molecule has 1 fully saturated rings. The van der Waals surface area contributed by atoms with Gasteiger partial charge < -0.3 is 14.2 Å². The minimum atomic E-state index is -0.358. The summed E-state index contributed by atoms with van der Waals surface area (Å²) in [6, 6.07) is 6.96. The molecule has 1 aromatic rings. The van der Waals surface area contributed by atoms with Crippen LogP contribution in [0.4, 0.5) is 0 Å². The third-order valence-electron chi connectivity index (χ3n) is 3.19. The van der Waals surface area contributed by atoms with Crippen LogP contribution in [0.15, 0.2) is 24.3 Å². The highest BCUT2D eigenvalue weighted by atomic mass is 35.5. The van der Waals surface area contributed by atoms with Gasteiger partial charge in [-0.1, -0.05) is 23.7 Å². The van der Waals surface area contributed by atoms with Crippen LogP contribution < -0.4 is 4.74 Å². The fourth-order valence-electron chi connectivity index (χ4n) is 2.09. The number of carbonyl (C=O) groups excluding carboxylic acids is 1. The standard InChI is InChI=1S/C14H18ClNO4/c1-18-14(17)12-10-19-8-6-16(12)7-9-20-13-5-3-2-4-11(13)15/h2-5,12H,6-10H2,1H3. The smallest absolute Gasteiger partial charge is 0.325 e. The van der Waals surface area contributed by atoms with Crippen molar-refractivity contribution in [1.82, 2.24) is 4.90 Å². The van der Waals surface area contributed by atoms with E-state index in [0.717, 1.165) is 0 Å². The largest absolute Gasteiger partial charge is 0.491 e. The number of carbonyl (C=O) groups is 1. The topological polar surface area (TPSA) is 48.0 Å². The molecule has 1 atom stereocenters. The van der Waals surface area contributed by atoms with Gasteiger partial charge in [0.05, 0.1) is 25.3 Å². The van der Waals surface area contributed by atoms with Gasteiger partial charge in [0.15, 0.2) is 0 Å². The third-order valence-corrected chi connectivity index (χ3v) is 3.50. The van der Waals surface area contributed by atoms with E-state index in [1.807, 2.05) is 23.1 Å². The van der Waals surface area contributed by atoms with E-state index in [-0.39, 0.29) is 12.0 Å². The second kappa shape index (κ2) is 7.47. The lowest BCUT2D eigenvalue weighted by atomic mass is 10.2. The van der Waals surface area contributed by atoms with Gasteiger partial charge in [0.2, 0.25) is 0 Å². The molecule has 5 nitrogen and oxygen atoms in total. The first-order chi connectivity index (χ1) is 9.72. The molecule has 0 aromatic heterocycles. The number of benzene rings is 1. The highest BCUT2D eigenvalue weighted by molar-refractivity contribution is 6.32. The van der Waals surface area contributed by atoms with Crippen molar-refractivity contribution in [3.8, 4) is 5.75 Å². The first-order valence-corrected chi connectivity index (χ1v) is 6.87. The maximum Gasteiger partial charge on any atom is 0.325 e. The molecule has 0 N–H and O–H groups in total. The Bertz CT molecular complexity index is 455. The van der Waals surface area contributed by atoms with E-state index in [1.54, 1.807) is 6.07 Å². The van der Waals surface area contributed by atoms with E-state index in [2.05, 4.69) is 0 Å². The summed E-state index contributed by atoms with van der Waals surface area (Å²) in [7, 11) is 1.38. The SMILES string of the molecule is COC(=O)C1COCCN1CCOc1ccccc1Cl. The molecule has 110 valence electrons. The maximum atomic E-state index is 11.7. The normalized spacial score (nSPS) is 19.6. The molecule has 6 heteroatoms. The Hall–Kier alpha value is -1.30. The molecule has 20 heavy (non-hydrogen) atoms. The molecule has 1 heterocycles. The van der Waals surface area contributed by atoms with Gasteiger partial charge in [-0.05, 0) is 12.1 Å². The van der Waals surface area contributed by atoms with Crippen LogP contribution in [0.25, 0.3) is 0 Å².